The minimum Gasteiger partial charge on any atom is -0.497 e. The van der Waals surface area contributed by atoms with E-state index in [9.17, 15) is 0 Å². The van der Waals surface area contributed by atoms with Crippen LogP contribution >= 0.6 is 0 Å². The molecule has 1 unspecified atom stereocenters. The Morgan fingerprint density at radius 2 is 1.72 bits per heavy atom. The van der Waals surface area contributed by atoms with E-state index in [0.717, 1.165) is 28.4 Å². The van der Waals surface area contributed by atoms with E-state index >= 15 is 0 Å². The highest BCUT2D eigenvalue weighted by molar-refractivity contribution is 5.29. The summed E-state index contributed by atoms with van der Waals surface area (Å²) in [6.45, 7) is 3.85. The van der Waals surface area contributed by atoms with Crippen LogP contribution in [0, 0.1) is 13.8 Å². The molecule has 25 heavy (non-hydrogen) atoms. The van der Waals surface area contributed by atoms with Crippen LogP contribution in [0.4, 0.5) is 0 Å². The summed E-state index contributed by atoms with van der Waals surface area (Å²) in [4.78, 5) is 17.2. The Morgan fingerprint density at radius 3 is 2.32 bits per heavy atom. The van der Waals surface area contributed by atoms with E-state index in [-0.39, 0.29) is 6.10 Å². The van der Waals surface area contributed by atoms with Crippen molar-refractivity contribution in [3.63, 3.8) is 0 Å². The van der Waals surface area contributed by atoms with E-state index in [1.807, 2.05) is 44.2 Å². The predicted molar refractivity (Wildman–Crippen MR) is 93.6 cm³/mol. The Kier molecular flexibility index (Phi) is 5.18. The molecule has 0 N–H and O–H groups in total. The Morgan fingerprint density at radius 1 is 1.00 bits per heavy atom. The molecule has 2 heterocycles. The lowest BCUT2D eigenvalue weighted by Gasteiger charge is -2.18. The van der Waals surface area contributed by atoms with Crippen molar-refractivity contribution in [1.82, 2.24) is 19.9 Å². The predicted octanol–water partition coefficient (Wildman–Crippen LogP) is 3.25. The number of methoxy groups -OCH3 is 1. The average molecular weight is 336 g/mol. The monoisotopic (exact) mass is 336 g/mol. The van der Waals surface area contributed by atoms with E-state index in [4.69, 9.17) is 9.47 Å². The van der Waals surface area contributed by atoms with Gasteiger partial charge >= 0.3 is 6.01 Å². The first-order chi connectivity index (χ1) is 12.1. The number of benzene rings is 1. The highest BCUT2D eigenvalue weighted by Gasteiger charge is 2.17. The fourth-order valence-corrected chi connectivity index (χ4v) is 2.54. The van der Waals surface area contributed by atoms with E-state index < -0.39 is 0 Å². The summed E-state index contributed by atoms with van der Waals surface area (Å²) < 4.78 is 11.3. The maximum Gasteiger partial charge on any atom is 0.317 e. The molecule has 6 heteroatoms. The van der Waals surface area contributed by atoms with Gasteiger partial charge in [0, 0.05) is 36.4 Å². The Labute approximate surface area is 146 Å². The van der Waals surface area contributed by atoms with Crippen molar-refractivity contribution in [2.45, 2.75) is 26.4 Å². The van der Waals surface area contributed by atoms with Crippen LogP contribution in [-0.4, -0.2) is 27.0 Å². The van der Waals surface area contributed by atoms with Crippen molar-refractivity contribution in [1.29, 1.82) is 0 Å². The SMILES string of the molecule is COc1ccc(C(Cc2cnccn2)Oc2nc(C)cc(C)n2)cc1. The van der Waals surface area contributed by atoms with Gasteiger partial charge in [0.1, 0.15) is 11.9 Å². The van der Waals surface area contributed by atoms with Gasteiger partial charge < -0.3 is 9.47 Å². The summed E-state index contributed by atoms with van der Waals surface area (Å²) >= 11 is 0. The smallest absolute Gasteiger partial charge is 0.317 e. The number of hydrogen-bond acceptors (Lipinski definition) is 6. The summed E-state index contributed by atoms with van der Waals surface area (Å²) in [5, 5.41) is 0. The second kappa shape index (κ2) is 7.70. The molecule has 0 saturated carbocycles. The largest absolute Gasteiger partial charge is 0.497 e. The maximum atomic E-state index is 6.11. The molecule has 1 aromatic carbocycles. The lowest BCUT2D eigenvalue weighted by Crippen LogP contribution is -2.14. The zero-order valence-electron chi connectivity index (χ0n) is 14.5. The highest BCUT2D eigenvalue weighted by atomic mass is 16.5. The number of aryl methyl sites for hydroxylation is 2. The van der Waals surface area contributed by atoms with Gasteiger partial charge in [0.15, 0.2) is 0 Å². The minimum atomic E-state index is -0.274. The van der Waals surface area contributed by atoms with Crippen LogP contribution in [0.25, 0.3) is 0 Å². The molecule has 0 saturated heterocycles. The van der Waals surface area contributed by atoms with Crippen molar-refractivity contribution >= 4 is 0 Å². The minimum absolute atomic E-state index is 0.274. The van der Waals surface area contributed by atoms with Crippen LogP contribution in [0.2, 0.25) is 0 Å². The fraction of sp³-hybridized carbons (Fsp3) is 0.263. The van der Waals surface area contributed by atoms with Crippen molar-refractivity contribution in [3.8, 4) is 11.8 Å². The molecule has 0 spiro atoms. The van der Waals surface area contributed by atoms with Crippen LogP contribution in [0.15, 0.2) is 48.9 Å². The number of rotatable bonds is 6. The van der Waals surface area contributed by atoms with Gasteiger partial charge in [0.05, 0.1) is 12.8 Å². The molecule has 1 atom stereocenters. The average Bonchev–Trinajstić information content (AvgIpc) is 2.61. The van der Waals surface area contributed by atoms with Gasteiger partial charge in [-0.25, -0.2) is 9.97 Å². The van der Waals surface area contributed by atoms with Crippen LogP contribution in [0.5, 0.6) is 11.8 Å². The van der Waals surface area contributed by atoms with Gasteiger partial charge in [0.25, 0.3) is 0 Å². The third-order valence-electron chi connectivity index (χ3n) is 3.71. The molecular weight excluding hydrogens is 316 g/mol. The lowest BCUT2D eigenvalue weighted by atomic mass is 10.0. The van der Waals surface area contributed by atoms with Crippen molar-refractivity contribution < 1.29 is 9.47 Å². The second-order valence-corrected chi connectivity index (χ2v) is 5.71. The number of aromatic nitrogens is 4. The third kappa shape index (κ3) is 4.50. The molecule has 3 rings (SSSR count). The van der Waals surface area contributed by atoms with E-state index in [1.165, 1.54) is 0 Å². The summed E-state index contributed by atoms with van der Waals surface area (Å²) in [6.07, 6.45) is 5.36. The molecule has 0 radical (unpaired) electrons. The van der Waals surface area contributed by atoms with Gasteiger partial charge in [0.2, 0.25) is 0 Å². The molecule has 0 bridgehead atoms. The molecule has 2 aromatic heterocycles. The van der Waals surface area contributed by atoms with Crippen molar-refractivity contribution in [2.75, 3.05) is 7.11 Å². The van der Waals surface area contributed by atoms with Gasteiger partial charge in [-0.1, -0.05) is 12.1 Å². The number of hydrogen-bond donors (Lipinski definition) is 0. The second-order valence-electron chi connectivity index (χ2n) is 5.71. The molecule has 3 aromatic rings. The first-order valence-corrected chi connectivity index (χ1v) is 8.02. The first kappa shape index (κ1) is 16.8. The Hall–Kier alpha value is -3.02. The quantitative estimate of drug-likeness (QED) is 0.688. The Bertz CT molecular complexity index is 802. The van der Waals surface area contributed by atoms with Crippen molar-refractivity contribution in [2.24, 2.45) is 0 Å². The van der Waals surface area contributed by atoms with E-state index in [1.54, 1.807) is 25.7 Å². The molecule has 0 amide bonds. The summed E-state index contributed by atoms with van der Waals surface area (Å²) in [7, 11) is 1.64. The molecule has 0 aliphatic carbocycles. The van der Waals surface area contributed by atoms with Crippen LogP contribution in [-0.2, 0) is 6.42 Å². The third-order valence-corrected chi connectivity index (χ3v) is 3.71. The van der Waals surface area contributed by atoms with Crippen molar-refractivity contribution in [3.05, 3.63) is 71.6 Å². The lowest BCUT2D eigenvalue weighted by molar-refractivity contribution is 0.186. The van der Waals surface area contributed by atoms with Crippen LogP contribution < -0.4 is 9.47 Å². The number of nitrogens with zero attached hydrogens (tertiary/aromatic N) is 4. The molecule has 128 valence electrons. The zero-order chi connectivity index (χ0) is 17.6. The van der Waals surface area contributed by atoms with E-state index in [2.05, 4.69) is 19.9 Å². The van der Waals surface area contributed by atoms with Crippen LogP contribution in [0.3, 0.4) is 0 Å². The van der Waals surface area contributed by atoms with Gasteiger partial charge in [-0.05, 0) is 37.6 Å². The molecule has 6 nitrogen and oxygen atoms in total. The fourth-order valence-electron chi connectivity index (χ4n) is 2.54. The molecule has 0 aliphatic heterocycles. The summed E-state index contributed by atoms with van der Waals surface area (Å²) in [5.41, 5.74) is 3.58. The number of ether oxygens (including phenoxy) is 2. The standard InChI is InChI=1S/C19H20N4O2/c1-13-10-14(2)23-19(22-13)25-18(11-16-12-20-8-9-21-16)15-4-6-17(24-3)7-5-15/h4-10,12,18H,11H2,1-3H3. The van der Waals surface area contributed by atoms with Gasteiger partial charge in [-0.15, -0.1) is 0 Å². The molecule has 0 fully saturated rings. The van der Waals surface area contributed by atoms with Gasteiger partial charge in [-0.3, -0.25) is 9.97 Å². The summed E-state index contributed by atoms with van der Waals surface area (Å²) in [5.74, 6) is 0.796. The van der Waals surface area contributed by atoms with Gasteiger partial charge in [-0.2, -0.15) is 0 Å². The first-order valence-electron chi connectivity index (χ1n) is 8.02. The molecular formula is C19H20N4O2. The Balaban J connectivity index is 1.89. The normalized spacial score (nSPS) is 11.8. The molecule has 0 aliphatic rings. The summed E-state index contributed by atoms with van der Waals surface area (Å²) in [6, 6.07) is 10.0. The highest BCUT2D eigenvalue weighted by Crippen LogP contribution is 2.25. The topological polar surface area (TPSA) is 70.0 Å². The maximum absolute atomic E-state index is 6.11. The van der Waals surface area contributed by atoms with Crippen LogP contribution in [0.1, 0.15) is 28.7 Å². The zero-order valence-corrected chi connectivity index (χ0v) is 14.5. The van der Waals surface area contributed by atoms with E-state index in [0.29, 0.717) is 12.4 Å².